The summed E-state index contributed by atoms with van der Waals surface area (Å²) in [6.45, 7) is 10.8. The van der Waals surface area contributed by atoms with Crippen LogP contribution in [0.2, 0.25) is 0 Å². The highest BCUT2D eigenvalue weighted by atomic mass is 16.5. The van der Waals surface area contributed by atoms with E-state index in [0.717, 1.165) is 17.7 Å². The highest BCUT2D eigenvalue weighted by Gasteiger charge is 2.47. The molecule has 1 unspecified atom stereocenters. The number of carbonyl (C=O) groups is 1. The minimum Gasteiger partial charge on any atom is -0.493 e. The largest absolute Gasteiger partial charge is 0.493 e. The summed E-state index contributed by atoms with van der Waals surface area (Å²) in [5.74, 6) is 1.25. The van der Waals surface area contributed by atoms with Gasteiger partial charge in [-0.05, 0) is 75.1 Å². The number of benzene rings is 3. The molecule has 4 nitrogen and oxygen atoms in total. The molecule has 1 amide bonds. The molecule has 1 aliphatic rings. The number of fused-ring (bicyclic) bond motifs is 1. The van der Waals surface area contributed by atoms with E-state index in [-0.39, 0.29) is 16.9 Å². The van der Waals surface area contributed by atoms with Crippen molar-refractivity contribution >= 4 is 17.7 Å². The molecule has 0 spiro atoms. The minimum absolute atomic E-state index is 0.0409. The summed E-state index contributed by atoms with van der Waals surface area (Å²) in [4.78, 5) is 15.6. The number of methoxy groups -OCH3 is 2. The number of carbonyl (C=O) groups excluding carboxylic acids is 1. The third-order valence-corrected chi connectivity index (χ3v) is 7.11. The van der Waals surface area contributed by atoms with E-state index in [4.69, 9.17) is 9.47 Å². The van der Waals surface area contributed by atoms with Gasteiger partial charge in [0.25, 0.3) is 5.91 Å². The van der Waals surface area contributed by atoms with E-state index in [1.54, 1.807) is 20.3 Å². The Morgan fingerprint density at radius 1 is 0.857 bits per heavy atom. The molecule has 1 aliphatic heterocycles. The van der Waals surface area contributed by atoms with E-state index >= 15 is 0 Å². The van der Waals surface area contributed by atoms with Crippen molar-refractivity contribution in [1.29, 1.82) is 0 Å². The van der Waals surface area contributed by atoms with E-state index in [2.05, 4.69) is 77.1 Å². The minimum atomic E-state index is -0.388. The lowest BCUT2D eigenvalue weighted by atomic mass is 9.65. The number of rotatable bonds is 5. The van der Waals surface area contributed by atoms with Crippen molar-refractivity contribution in [3.05, 3.63) is 94.6 Å². The summed E-state index contributed by atoms with van der Waals surface area (Å²) >= 11 is 0. The van der Waals surface area contributed by atoms with Gasteiger partial charge in [-0.25, -0.2) is 0 Å². The van der Waals surface area contributed by atoms with E-state index in [1.807, 2.05) is 29.2 Å². The zero-order valence-corrected chi connectivity index (χ0v) is 21.8. The molecule has 1 atom stereocenters. The highest BCUT2D eigenvalue weighted by Crippen LogP contribution is 2.50. The molecule has 0 saturated heterocycles. The van der Waals surface area contributed by atoms with Crippen LogP contribution in [-0.2, 0) is 10.2 Å². The van der Waals surface area contributed by atoms with E-state index < -0.39 is 0 Å². The van der Waals surface area contributed by atoms with Crippen molar-refractivity contribution < 1.29 is 14.3 Å². The van der Waals surface area contributed by atoms with Crippen LogP contribution in [0.5, 0.6) is 11.5 Å². The zero-order chi connectivity index (χ0) is 25.4. The standard InChI is InChI=1S/C31H35NO3/c1-21-8-13-24(14-9-21)31(5)20-30(3,4)32(26-15-10-22(2)18-25(26)31)29(33)17-12-23-11-16-27(34-6)28(19-23)35-7/h8-19H,20H2,1-7H3/b17-12+. The number of amides is 1. The van der Waals surface area contributed by atoms with Crippen LogP contribution in [0.15, 0.2) is 66.7 Å². The Bertz CT molecular complexity index is 1270. The van der Waals surface area contributed by atoms with Crippen molar-refractivity contribution in [1.82, 2.24) is 0 Å². The molecule has 4 rings (SSSR count). The van der Waals surface area contributed by atoms with Crippen LogP contribution in [0.4, 0.5) is 5.69 Å². The average Bonchev–Trinajstić information content (AvgIpc) is 2.82. The van der Waals surface area contributed by atoms with Crippen LogP contribution in [0.25, 0.3) is 6.08 Å². The van der Waals surface area contributed by atoms with Gasteiger partial charge in [0, 0.05) is 22.7 Å². The lowest BCUT2D eigenvalue weighted by Gasteiger charge is -2.51. The molecular weight excluding hydrogens is 434 g/mol. The Hall–Kier alpha value is -3.53. The second-order valence-corrected chi connectivity index (χ2v) is 10.3. The van der Waals surface area contributed by atoms with Crippen molar-refractivity contribution in [2.45, 2.75) is 52.0 Å². The van der Waals surface area contributed by atoms with Gasteiger partial charge in [0.2, 0.25) is 0 Å². The molecule has 0 aromatic heterocycles. The predicted molar refractivity (Wildman–Crippen MR) is 144 cm³/mol. The lowest BCUT2D eigenvalue weighted by Crippen LogP contribution is -2.55. The summed E-state index contributed by atoms with van der Waals surface area (Å²) in [6.07, 6.45) is 4.30. The summed E-state index contributed by atoms with van der Waals surface area (Å²) in [7, 11) is 3.22. The Morgan fingerprint density at radius 2 is 1.51 bits per heavy atom. The van der Waals surface area contributed by atoms with Gasteiger partial charge in [0.15, 0.2) is 11.5 Å². The van der Waals surface area contributed by atoms with Gasteiger partial charge in [-0.1, -0.05) is 60.5 Å². The maximum atomic E-state index is 13.7. The summed E-state index contributed by atoms with van der Waals surface area (Å²) in [5.41, 5.74) is 6.15. The van der Waals surface area contributed by atoms with Gasteiger partial charge >= 0.3 is 0 Å². The summed E-state index contributed by atoms with van der Waals surface area (Å²) in [6, 6.07) is 20.9. The van der Waals surface area contributed by atoms with Crippen LogP contribution < -0.4 is 14.4 Å². The molecule has 0 N–H and O–H groups in total. The molecule has 0 aliphatic carbocycles. The van der Waals surface area contributed by atoms with E-state index in [9.17, 15) is 4.79 Å². The molecule has 0 radical (unpaired) electrons. The molecule has 1 heterocycles. The van der Waals surface area contributed by atoms with Gasteiger partial charge in [-0.2, -0.15) is 0 Å². The van der Waals surface area contributed by atoms with Crippen LogP contribution >= 0.6 is 0 Å². The van der Waals surface area contributed by atoms with Gasteiger partial charge in [-0.15, -0.1) is 0 Å². The fraction of sp³-hybridized carbons (Fsp3) is 0.323. The van der Waals surface area contributed by atoms with Gasteiger partial charge in [0.1, 0.15) is 0 Å². The molecule has 35 heavy (non-hydrogen) atoms. The van der Waals surface area contributed by atoms with Crippen molar-refractivity contribution in [3.63, 3.8) is 0 Å². The zero-order valence-electron chi connectivity index (χ0n) is 21.8. The first-order valence-electron chi connectivity index (χ1n) is 12.0. The maximum Gasteiger partial charge on any atom is 0.251 e. The number of hydrogen-bond donors (Lipinski definition) is 0. The molecule has 0 bridgehead atoms. The highest BCUT2D eigenvalue weighted by molar-refractivity contribution is 6.06. The molecule has 3 aromatic rings. The third kappa shape index (κ3) is 4.58. The van der Waals surface area contributed by atoms with E-state index in [1.165, 1.54) is 22.3 Å². The number of anilines is 1. The Kier molecular flexibility index (Phi) is 6.50. The third-order valence-electron chi connectivity index (χ3n) is 7.11. The molecule has 0 fully saturated rings. The second-order valence-electron chi connectivity index (χ2n) is 10.3. The summed E-state index contributed by atoms with van der Waals surface area (Å²) in [5, 5.41) is 0. The quantitative estimate of drug-likeness (QED) is 0.383. The first kappa shape index (κ1) is 24.6. The number of ether oxygens (including phenoxy) is 2. The Balaban J connectivity index is 1.75. The van der Waals surface area contributed by atoms with Crippen LogP contribution in [0.3, 0.4) is 0 Å². The van der Waals surface area contributed by atoms with Crippen molar-refractivity contribution in [2.24, 2.45) is 0 Å². The fourth-order valence-corrected chi connectivity index (χ4v) is 5.45. The first-order valence-corrected chi connectivity index (χ1v) is 12.0. The molecule has 3 aromatic carbocycles. The Labute approximate surface area is 209 Å². The fourth-order valence-electron chi connectivity index (χ4n) is 5.45. The molecule has 182 valence electrons. The van der Waals surface area contributed by atoms with Crippen molar-refractivity contribution in [2.75, 3.05) is 19.1 Å². The topological polar surface area (TPSA) is 38.8 Å². The smallest absolute Gasteiger partial charge is 0.251 e. The number of aryl methyl sites for hydroxylation is 2. The molecule has 4 heteroatoms. The lowest BCUT2D eigenvalue weighted by molar-refractivity contribution is -0.115. The van der Waals surface area contributed by atoms with E-state index in [0.29, 0.717) is 11.5 Å². The average molecular weight is 470 g/mol. The molecule has 0 saturated carbocycles. The summed E-state index contributed by atoms with van der Waals surface area (Å²) < 4.78 is 10.7. The van der Waals surface area contributed by atoms with Crippen LogP contribution in [0, 0.1) is 13.8 Å². The number of nitrogens with zero attached hydrogens (tertiary/aromatic N) is 1. The van der Waals surface area contributed by atoms with Crippen molar-refractivity contribution in [3.8, 4) is 11.5 Å². The molecular formula is C31H35NO3. The van der Waals surface area contributed by atoms with Gasteiger partial charge in [-0.3, -0.25) is 4.79 Å². The Morgan fingerprint density at radius 3 is 2.17 bits per heavy atom. The van der Waals surface area contributed by atoms with Crippen LogP contribution in [0.1, 0.15) is 55.0 Å². The normalized spacial score (nSPS) is 18.9. The van der Waals surface area contributed by atoms with Gasteiger partial charge < -0.3 is 14.4 Å². The van der Waals surface area contributed by atoms with Gasteiger partial charge in [0.05, 0.1) is 14.2 Å². The predicted octanol–water partition coefficient (Wildman–Crippen LogP) is 6.86. The van der Waals surface area contributed by atoms with Crippen LogP contribution in [-0.4, -0.2) is 25.7 Å². The maximum absolute atomic E-state index is 13.7. The number of hydrogen-bond acceptors (Lipinski definition) is 3. The second kappa shape index (κ2) is 9.26. The monoisotopic (exact) mass is 469 g/mol. The first-order chi connectivity index (χ1) is 16.6. The SMILES string of the molecule is COc1ccc(/C=C/C(=O)N2c3ccc(C)cc3C(C)(c3ccc(C)cc3)CC2(C)C)cc1OC.